The van der Waals surface area contributed by atoms with Gasteiger partial charge < -0.3 is 15.0 Å². The molecule has 3 rings (SSSR count). The van der Waals surface area contributed by atoms with Crippen LogP contribution in [0.5, 0.6) is 0 Å². The minimum atomic E-state index is -0.605. The number of nitrogens with zero attached hydrogens (tertiary/aromatic N) is 1. The molecule has 1 saturated carbocycles. The lowest BCUT2D eigenvalue weighted by Gasteiger charge is -2.29. The van der Waals surface area contributed by atoms with E-state index in [1.807, 2.05) is 0 Å². The summed E-state index contributed by atoms with van der Waals surface area (Å²) in [5.41, 5.74) is 0.780. The number of halogens is 1. The van der Waals surface area contributed by atoms with Crippen LogP contribution in [0.2, 0.25) is 5.02 Å². The second-order valence-corrected chi connectivity index (χ2v) is 7.73. The number of hydrogen-bond acceptors (Lipinski definition) is 4. The second kappa shape index (κ2) is 8.74. The molecule has 1 heterocycles. The number of carbonyl (C=O) groups excluding carboxylic acids is 3. The first-order chi connectivity index (χ1) is 13.0. The van der Waals surface area contributed by atoms with Gasteiger partial charge in [-0.15, -0.1) is 0 Å². The highest BCUT2D eigenvalue weighted by atomic mass is 35.5. The molecule has 0 aromatic heterocycles. The van der Waals surface area contributed by atoms with Crippen molar-refractivity contribution in [2.75, 3.05) is 18.1 Å². The molecule has 0 radical (unpaired) electrons. The SMILES string of the molecule is C[C@@H]1CCCC[C@H]1NC(=O)COC(=O)c1ccc(Cl)c(N2CCCC2=O)c1. The van der Waals surface area contributed by atoms with Crippen molar-refractivity contribution in [2.45, 2.75) is 51.5 Å². The lowest BCUT2D eigenvalue weighted by Crippen LogP contribution is -2.42. The number of carbonyl (C=O) groups is 3. The Kier molecular flexibility index (Phi) is 6.37. The van der Waals surface area contributed by atoms with Gasteiger partial charge >= 0.3 is 5.97 Å². The standard InChI is InChI=1S/C20H25ClN2O4/c1-13-5-2-3-6-16(13)22-18(24)12-27-20(26)14-8-9-15(21)17(11-14)23-10-4-7-19(23)25/h8-9,11,13,16H,2-7,10,12H2,1H3,(H,22,24)/t13-,16-/m1/s1. The van der Waals surface area contributed by atoms with E-state index in [2.05, 4.69) is 12.2 Å². The summed E-state index contributed by atoms with van der Waals surface area (Å²) in [4.78, 5) is 37.9. The van der Waals surface area contributed by atoms with E-state index in [4.69, 9.17) is 16.3 Å². The minimum absolute atomic E-state index is 0.0107. The first-order valence-electron chi connectivity index (χ1n) is 9.52. The molecule has 2 amide bonds. The summed E-state index contributed by atoms with van der Waals surface area (Å²) in [6.07, 6.45) is 5.62. The van der Waals surface area contributed by atoms with Crippen LogP contribution in [0, 0.1) is 5.92 Å². The molecule has 2 atom stereocenters. The zero-order valence-electron chi connectivity index (χ0n) is 15.5. The van der Waals surface area contributed by atoms with Crippen molar-refractivity contribution in [3.05, 3.63) is 28.8 Å². The Hall–Kier alpha value is -2.08. The molecule has 146 valence electrons. The molecule has 2 aliphatic rings. The van der Waals surface area contributed by atoms with Crippen LogP contribution >= 0.6 is 11.6 Å². The molecular formula is C20H25ClN2O4. The van der Waals surface area contributed by atoms with Crippen LogP contribution in [0.1, 0.15) is 55.8 Å². The van der Waals surface area contributed by atoms with Gasteiger partial charge in [0, 0.05) is 19.0 Å². The van der Waals surface area contributed by atoms with Gasteiger partial charge in [0.15, 0.2) is 6.61 Å². The molecule has 6 nitrogen and oxygen atoms in total. The number of ether oxygens (including phenoxy) is 1. The Bertz CT molecular complexity index is 737. The smallest absolute Gasteiger partial charge is 0.338 e. The molecule has 1 aromatic rings. The molecule has 27 heavy (non-hydrogen) atoms. The fourth-order valence-corrected chi connectivity index (χ4v) is 3.96. The highest BCUT2D eigenvalue weighted by Gasteiger charge is 2.25. The van der Waals surface area contributed by atoms with Crippen molar-refractivity contribution in [2.24, 2.45) is 5.92 Å². The van der Waals surface area contributed by atoms with Gasteiger partial charge in [-0.1, -0.05) is 31.4 Å². The molecule has 7 heteroatoms. The Balaban J connectivity index is 1.57. The third kappa shape index (κ3) is 4.80. The van der Waals surface area contributed by atoms with Crippen LogP contribution in [0.3, 0.4) is 0 Å². The van der Waals surface area contributed by atoms with Crippen LogP contribution in [0.15, 0.2) is 18.2 Å². The number of benzene rings is 1. The summed E-state index contributed by atoms with van der Waals surface area (Å²) in [5, 5.41) is 3.36. The maximum Gasteiger partial charge on any atom is 0.338 e. The quantitative estimate of drug-likeness (QED) is 0.780. The number of nitrogens with one attached hydrogen (secondary N) is 1. The summed E-state index contributed by atoms with van der Waals surface area (Å²) < 4.78 is 5.15. The van der Waals surface area contributed by atoms with Crippen LogP contribution in [-0.4, -0.2) is 37.0 Å². The third-order valence-corrected chi connectivity index (χ3v) is 5.66. The van der Waals surface area contributed by atoms with E-state index in [1.165, 1.54) is 12.5 Å². The van der Waals surface area contributed by atoms with Gasteiger partial charge in [0.05, 0.1) is 16.3 Å². The summed E-state index contributed by atoms with van der Waals surface area (Å²) in [6, 6.07) is 4.81. The Morgan fingerprint density at radius 3 is 2.74 bits per heavy atom. The topological polar surface area (TPSA) is 75.7 Å². The van der Waals surface area contributed by atoms with Gasteiger partial charge in [0.1, 0.15) is 0 Å². The van der Waals surface area contributed by atoms with Crippen LogP contribution in [0.4, 0.5) is 5.69 Å². The molecule has 0 bridgehead atoms. The maximum absolute atomic E-state index is 12.3. The van der Waals surface area contributed by atoms with Crippen LogP contribution in [-0.2, 0) is 14.3 Å². The molecule has 1 aliphatic carbocycles. The Morgan fingerprint density at radius 1 is 1.26 bits per heavy atom. The number of esters is 1. The fraction of sp³-hybridized carbons (Fsp3) is 0.550. The number of anilines is 1. The fourth-order valence-electron chi connectivity index (χ4n) is 3.74. The highest BCUT2D eigenvalue weighted by Crippen LogP contribution is 2.30. The molecule has 1 N–H and O–H groups in total. The largest absolute Gasteiger partial charge is 0.452 e. The van der Waals surface area contributed by atoms with Crippen molar-refractivity contribution < 1.29 is 19.1 Å². The lowest BCUT2D eigenvalue weighted by molar-refractivity contribution is -0.125. The Labute approximate surface area is 164 Å². The van der Waals surface area contributed by atoms with Crippen molar-refractivity contribution in [1.82, 2.24) is 5.32 Å². The average molecular weight is 393 g/mol. The first-order valence-corrected chi connectivity index (χ1v) is 9.90. The average Bonchev–Trinajstić information content (AvgIpc) is 3.08. The lowest BCUT2D eigenvalue weighted by atomic mass is 9.86. The Morgan fingerprint density at radius 2 is 2.04 bits per heavy atom. The normalized spacial score (nSPS) is 22.6. The van der Waals surface area contributed by atoms with E-state index < -0.39 is 5.97 Å². The van der Waals surface area contributed by atoms with Gasteiger partial charge in [0.2, 0.25) is 5.91 Å². The molecule has 2 fully saturated rings. The van der Waals surface area contributed by atoms with Crippen molar-refractivity contribution in [3.8, 4) is 0 Å². The summed E-state index contributed by atoms with van der Waals surface area (Å²) in [5.74, 6) is -0.462. The molecule has 0 unspecified atom stereocenters. The number of hydrogen-bond donors (Lipinski definition) is 1. The zero-order valence-corrected chi connectivity index (χ0v) is 16.3. The molecule has 1 aromatic carbocycles. The van der Waals surface area contributed by atoms with E-state index in [1.54, 1.807) is 17.0 Å². The summed E-state index contributed by atoms with van der Waals surface area (Å²) >= 11 is 6.19. The van der Waals surface area contributed by atoms with Gasteiger partial charge in [-0.2, -0.15) is 0 Å². The molecule has 1 aliphatic heterocycles. The highest BCUT2D eigenvalue weighted by molar-refractivity contribution is 6.34. The second-order valence-electron chi connectivity index (χ2n) is 7.33. The predicted molar refractivity (Wildman–Crippen MR) is 103 cm³/mol. The van der Waals surface area contributed by atoms with Crippen LogP contribution in [0.25, 0.3) is 0 Å². The van der Waals surface area contributed by atoms with E-state index in [-0.39, 0.29) is 30.0 Å². The number of rotatable bonds is 5. The van der Waals surface area contributed by atoms with E-state index >= 15 is 0 Å². The molecule has 0 spiro atoms. The zero-order chi connectivity index (χ0) is 19.4. The monoisotopic (exact) mass is 392 g/mol. The summed E-state index contributed by atoms with van der Waals surface area (Å²) in [6.45, 7) is 2.40. The van der Waals surface area contributed by atoms with Crippen LogP contribution < -0.4 is 10.2 Å². The molecule has 1 saturated heterocycles. The van der Waals surface area contributed by atoms with Gasteiger partial charge in [-0.25, -0.2) is 4.79 Å². The number of amides is 2. The minimum Gasteiger partial charge on any atom is -0.452 e. The van der Waals surface area contributed by atoms with Gasteiger partial charge in [-0.3, -0.25) is 9.59 Å². The van der Waals surface area contributed by atoms with Crippen molar-refractivity contribution >= 4 is 35.1 Å². The van der Waals surface area contributed by atoms with E-state index in [0.29, 0.717) is 29.6 Å². The van der Waals surface area contributed by atoms with E-state index in [9.17, 15) is 14.4 Å². The summed E-state index contributed by atoms with van der Waals surface area (Å²) in [7, 11) is 0. The first kappa shape index (κ1) is 19.7. The van der Waals surface area contributed by atoms with Gasteiger partial charge in [0.25, 0.3) is 5.91 Å². The van der Waals surface area contributed by atoms with Crippen molar-refractivity contribution in [3.63, 3.8) is 0 Å². The van der Waals surface area contributed by atoms with Gasteiger partial charge in [-0.05, 0) is 43.4 Å². The maximum atomic E-state index is 12.3. The predicted octanol–water partition coefficient (Wildman–Crippen LogP) is 3.32. The third-order valence-electron chi connectivity index (χ3n) is 5.34. The van der Waals surface area contributed by atoms with Crippen molar-refractivity contribution in [1.29, 1.82) is 0 Å². The molecular weight excluding hydrogens is 368 g/mol. The van der Waals surface area contributed by atoms with E-state index in [0.717, 1.165) is 25.7 Å².